The maximum Gasteiger partial charge on any atom is 0.268 e. The molecule has 0 bridgehead atoms. The summed E-state index contributed by atoms with van der Waals surface area (Å²) in [7, 11) is -3.80. The van der Waals surface area contributed by atoms with Gasteiger partial charge in [0, 0.05) is 23.2 Å². The zero-order valence-electron chi connectivity index (χ0n) is 18.3. The van der Waals surface area contributed by atoms with E-state index in [-0.39, 0.29) is 16.5 Å². The summed E-state index contributed by atoms with van der Waals surface area (Å²) in [5.41, 5.74) is 1.72. The monoisotopic (exact) mass is 494 g/mol. The number of hydrogen-bond acceptors (Lipinski definition) is 6. The number of ether oxygens (including phenoxy) is 1. The quantitative estimate of drug-likeness (QED) is 0.388. The number of anilines is 1. The highest BCUT2D eigenvalue weighted by Gasteiger charge is 2.48. The maximum absolute atomic E-state index is 13.4. The molecular formula is C25H23ClN4O3S. The van der Waals surface area contributed by atoms with Crippen molar-refractivity contribution in [1.82, 2.24) is 13.9 Å². The Morgan fingerprint density at radius 2 is 1.88 bits per heavy atom. The second-order valence-electron chi connectivity index (χ2n) is 8.97. The molecule has 2 atom stereocenters. The minimum Gasteiger partial charge on any atom is -0.370 e. The van der Waals surface area contributed by atoms with Gasteiger partial charge < -0.3 is 10.1 Å². The smallest absolute Gasteiger partial charge is 0.268 e. The molecule has 1 aliphatic carbocycles. The average Bonchev–Trinajstić information content (AvgIpc) is 3.47. The first-order valence-corrected chi connectivity index (χ1v) is 13.1. The highest BCUT2D eigenvalue weighted by atomic mass is 35.5. The Kier molecular flexibility index (Phi) is 5.13. The second kappa shape index (κ2) is 8.08. The van der Waals surface area contributed by atoms with E-state index in [4.69, 9.17) is 21.3 Å². The van der Waals surface area contributed by atoms with E-state index in [0.29, 0.717) is 27.7 Å². The lowest BCUT2D eigenvalue weighted by Gasteiger charge is -2.27. The Hall–Kier alpha value is -2.94. The van der Waals surface area contributed by atoms with Crippen LogP contribution in [-0.2, 0) is 14.8 Å². The van der Waals surface area contributed by atoms with Crippen molar-refractivity contribution in [3.63, 3.8) is 0 Å². The van der Waals surface area contributed by atoms with E-state index in [9.17, 15) is 8.42 Å². The van der Waals surface area contributed by atoms with Crippen LogP contribution in [0.15, 0.2) is 71.9 Å². The van der Waals surface area contributed by atoms with Gasteiger partial charge in [-0.05, 0) is 43.9 Å². The van der Waals surface area contributed by atoms with Crippen molar-refractivity contribution in [2.24, 2.45) is 0 Å². The highest BCUT2D eigenvalue weighted by Crippen LogP contribution is 2.42. The van der Waals surface area contributed by atoms with Crippen molar-refractivity contribution in [1.29, 1.82) is 0 Å². The van der Waals surface area contributed by atoms with E-state index in [1.54, 1.807) is 48.8 Å². The first-order valence-electron chi connectivity index (χ1n) is 11.3. The Morgan fingerprint density at radius 3 is 2.68 bits per heavy atom. The summed E-state index contributed by atoms with van der Waals surface area (Å²) in [6, 6.07) is 16.0. The molecule has 2 aromatic carbocycles. The van der Waals surface area contributed by atoms with Crippen molar-refractivity contribution in [3.05, 3.63) is 72.0 Å². The molecule has 1 N–H and O–H groups in total. The Labute approximate surface area is 202 Å². The van der Waals surface area contributed by atoms with Crippen molar-refractivity contribution in [3.8, 4) is 11.3 Å². The number of nitrogens with one attached hydrogen (secondary N) is 1. The van der Waals surface area contributed by atoms with Gasteiger partial charge in [-0.15, -0.1) is 0 Å². The Bertz CT molecular complexity index is 1480. The number of fused-ring (bicyclic) bond motifs is 1. The molecule has 0 radical (unpaired) electrons. The molecular weight excluding hydrogens is 472 g/mol. The van der Waals surface area contributed by atoms with Crippen molar-refractivity contribution >= 4 is 38.5 Å². The molecule has 34 heavy (non-hydrogen) atoms. The van der Waals surface area contributed by atoms with Crippen LogP contribution in [0.25, 0.3) is 22.2 Å². The van der Waals surface area contributed by atoms with Gasteiger partial charge in [0.25, 0.3) is 10.0 Å². The summed E-state index contributed by atoms with van der Waals surface area (Å²) in [5, 5.41) is 4.54. The number of hydrogen-bond donors (Lipinski definition) is 1. The number of rotatable bonds is 5. The van der Waals surface area contributed by atoms with E-state index < -0.39 is 10.0 Å². The van der Waals surface area contributed by atoms with Gasteiger partial charge in [0.05, 0.1) is 39.5 Å². The van der Waals surface area contributed by atoms with Crippen LogP contribution < -0.4 is 5.32 Å². The molecule has 7 nitrogen and oxygen atoms in total. The maximum atomic E-state index is 13.4. The van der Waals surface area contributed by atoms with Gasteiger partial charge in [0.2, 0.25) is 5.95 Å². The van der Waals surface area contributed by atoms with Gasteiger partial charge in [-0.25, -0.2) is 22.4 Å². The van der Waals surface area contributed by atoms with Gasteiger partial charge in [0.15, 0.2) is 0 Å². The Morgan fingerprint density at radius 1 is 1.12 bits per heavy atom. The van der Waals surface area contributed by atoms with Crippen LogP contribution in [0.4, 0.5) is 5.95 Å². The predicted molar refractivity (Wildman–Crippen MR) is 132 cm³/mol. The average molecular weight is 495 g/mol. The first-order chi connectivity index (χ1) is 16.5. The molecule has 174 valence electrons. The van der Waals surface area contributed by atoms with E-state index in [1.165, 1.54) is 3.97 Å². The van der Waals surface area contributed by atoms with E-state index in [1.807, 2.05) is 18.2 Å². The molecule has 2 aromatic heterocycles. The summed E-state index contributed by atoms with van der Waals surface area (Å²) in [6.07, 6.45) is 7.33. The third kappa shape index (κ3) is 3.76. The molecule has 6 rings (SSSR count). The van der Waals surface area contributed by atoms with Crippen molar-refractivity contribution < 1.29 is 13.2 Å². The van der Waals surface area contributed by atoms with Gasteiger partial charge in [0.1, 0.15) is 0 Å². The van der Waals surface area contributed by atoms with E-state index in [2.05, 4.69) is 10.3 Å². The van der Waals surface area contributed by atoms with Crippen LogP contribution >= 0.6 is 11.6 Å². The van der Waals surface area contributed by atoms with E-state index in [0.717, 1.165) is 37.7 Å². The number of benzene rings is 2. The molecule has 1 spiro atoms. The standard InChI is InChI=1S/C25H23ClN4O3S/c26-21-14-27-24(28-17-7-6-12-25(13-17)16-33-25)29-23(21)20-15-30(22-11-5-4-10-19(20)22)34(31,32)18-8-2-1-3-9-18/h1-5,8-11,14-15,17H,6-7,12-13,16H2,(H,27,28,29). The lowest BCUT2D eigenvalue weighted by Crippen LogP contribution is -2.32. The molecule has 9 heteroatoms. The van der Waals surface area contributed by atoms with Gasteiger partial charge in [-0.3, -0.25) is 0 Å². The summed E-state index contributed by atoms with van der Waals surface area (Å²) >= 11 is 6.54. The summed E-state index contributed by atoms with van der Waals surface area (Å²) in [4.78, 5) is 9.32. The predicted octanol–water partition coefficient (Wildman–Crippen LogP) is 5.11. The van der Waals surface area contributed by atoms with Crippen LogP contribution in [0, 0.1) is 0 Å². The number of halogens is 1. The Balaban J connectivity index is 1.42. The van der Waals surface area contributed by atoms with Crippen LogP contribution in [0.3, 0.4) is 0 Å². The number of para-hydroxylation sites is 1. The fraction of sp³-hybridized carbons (Fsp3) is 0.280. The molecule has 1 saturated carbocycles. The van der Waals surface area contributed by atoms with Crippen molar-refractivity contribution in [2.45, 2.75) is 42.2 Å². The fourth-order valence-electron chi connectivity index (χ4n) is 4.86. The van der Waals surface area contributed by atoms with Crippen LogP contribution in [-0.4, -0.2) is 40.6 Å². The molecule has 4 aromatic rings. The van der Waals surface area contributed by atoms with Crippen LogP contribution in [0.2, 0.25) is 5.02 Å². The lowest BCUT2D eigenvalue weighted by atomic mass is 9.86. The topological polar surface area (TPSA) is 89.4 Å². The molecule has 1 saturated heterocycles. The van der Waals surface area contributed by atoms with E-state index >= 15 is 0 Å². The van der Waals surface area contributed by atoms with Crippen molar-refractivity contribution in [2.75, 3.05) is 11.9 Å². The lowest BCUT2D eigenvalue weighted by molar-refractivity contribution is 0.226. The fourth-order valence-corrected chi connectivity index (χ4v) is 6.45. The number of epoxide rings is 1. The third-order valence-electron chi connectivity index (χ3n) is 6.67. The highest BCUT2D eigenvalue weighted by molar-refractivity contribution is 7.90. The number of nitrogens with zero attached hydrogens (tertiary/aromatic N) is 3. The zero-order valence-corrected chi connectivity index (χ0v) is 19.9. The third-order valence-corrected chi connectivity index (χ3v) is 8.63. The van der Waals surface area contributed by atoms with Crippen LogP contribution in [0.1, 0.15) is 25.7 Å². The first kappa shape index (κ1) is 21.6. The SMILES string of the molecule is O=S(=O)(c1ccccc1)n1cc(-c2nc(NC3CCCC4(CO4)C3)ncc2Cl)c2ccccc21. The summed E-state index contributed by atoms with van der Waals surface area (Å²) < 4.78 is 33.9. The molecule has 3 heterocycles. The molecule has 2 unspecified atom stereocenters. The van der Waals surface area contributed by atoms with Crippen LogP contribution in [0.5, 0.6) is 0 Å². The summed E-state index contributed by atoms with van der Waals surface area (Å²) in [6.45, 7) is 0.827. The number of aromatic nitrogens is 3. The molecule has 1 aliphatic heterocycles. The second-order valence-corrected chi connectivity index (χ2v) is 11.2. The minimum atomic E-state index is -3.80. The van der Waals surface area contributed by atoms with Gasteiger partial charge in [-0.1, -0.05) is 48.0 Å². The largest absolute Gasteiger partial charge is 0.370 e. The normalized spacial score (nSPS) is 22.2. The minimum absolute atomic E-state index is 0.0321. The zero-order chi connectivity index (χ0) is 23.3. The van der Waals surface area contributed by atoms with Gasteiger partial charge in [-0.2, -0.15) is 0 Å². The molecule has 2 aliphatic rings. The molecule has 2 fully saturated rings. The summed E-state index contributed by atoms with van der Waals surface area (Å²) in [5.74, 6) is 0.477. The van der Waals surface area contributed by atoms with Gasteiger partial charge >= 0.3 is 0 Å². The molecule has 0 amide bonds.